The van der Waals surface area contributed by atoms with E-state index in [1.165, 1.54) is 18.2 Å². The van der Waals surface area contributed by atoms with Crippen LogP contribution in [0.5, 0.6) is 11.5 Å². The highest BCUT2D eigenvalue weighted by atomic mass is 16.6. The van der Waals surface area contributed by atoms with Crippen LogP contribution in [0.2, 0.25) is 0 Å². The first kappa shape index (κ1) is 13.8. The van der Waals surface area contributed by atoms with Crippen molar-refractivity contribution in [2.75, 3.05) is 6.61 Å². The van der Waals surface area contributed by atoms with Gasteiger partial charge in [0, 0.05) is 5.56 Å². The number of carbonyl (C=O) groups is 2. The van der Waals surface area contributed by atoms with Crippen LogP contribution in [-0.4, -0.2) is 34.4 Å². The second-order valence-electron chi connectivity index (χ2n) is 2.56. The topological polar surface area (TPSA) is 104 Å². The zero-order valence-electron chi connectivity index (χ0n) is 8.58. The molecular formula is C10H12O6. The zero-order valence-corrected chi connectivity index (χ0v) is 8.58. The molecule has 0 aliphatic carbocycles. The Kier molecular flexibility index (Phi) is 6.11. The van der Waals surface area contributed by atoms with Crippen LogP contribution in [0.25, 0.3) is 0 Å². The quantitative estimate of drug-likeness (QED) is 0.681. The third-order valence-electron chi connectivity index (χ3n) is 1.42. The summed E-state index contributed by atoms with van der Waals surface area (Å²) < 4.78 is 5.07. The van der Waals surface area contributed by atoms with E-state index in [0.717, 1.165) is 0 Å². The number of hydrogen-bond acceptors (Lipinski definition) is 4. The Morgan fingerprint density at radius 2 is 2.00 bits per heavy atom. The smallest absolute Gasteiger partial charge is 0.503 e. The summed E-state index contributed by atoms with van der Waals surface area (Å²) in [7, 11) is 0. The van der Waals surface area contributed by atoms with Gasteiger partial charge in [-0.3, -0.25) is 4.79 Å². The summed E-state index contributed by atoms with van der Waals surface area (Å²) in [5.41, 5.74) is 0.497. The van der Waals surface area contributed by atoms with E-state index in [-0.39, 0.29) is 5.75 Å². The molecule has 0 fully saturated rings. The predicted octanol–water partition coefficient (Wildman–Crippen LogP) is 1.83. The normalized spacial score (nSPS) is 8.56. The Bertz CT molecular complexity index is 356. The number of benzene rings is 1. The highest BCUT2D eigenvalue weighted by Crippen LogP contribution is 2.25. The van der Waals surface area contributed by atoms with Crippen molar-refractivity contribution in [1.29, 1.82) is 0 Å². The van der Waals surface area contributed by atoms with E-state index in [1.54, 1.807) is 0 Å². The molecule has 0 aliphatic heterocycles. The molecule has 6 heteroatoms. The van der Waals surface area contributed by atoms with Gasteiger partial charge in [0.1, 0.15) is 6.29 Å². The number of aldehydes is 1. The van der Waals surface area contributed by atoms with Gasteiger partial charge in [-0.05, 0) is 25.1 Å². The van der Waals surface area contributed by atoms with Crippen LogP contribution >= 0.6 is 0 Å². The molecule has 1 rings (SSSR count). The number of phenols is 1. The van der Waals surface area contributed by atoms with Gasteiger partial charge in [0.25, 0.3) is 0 Å². The molecule has 3 N–H and O–H groups in total. The fourth-order valence-corrected chi connectivity index (χ4v) is 0.875. The van der Waals surface area contributed by atoms with Gasteiger partial charge in [0.05, 0.1) is 6.61 Å². The van der Waals surface area contributed by atoms with Gasteiger partial charge in [-0.15, -0.1) is 0 Å². The number of aromatic hydroxyl groups is 1. The maximum Gasteiger partial charge on any atom is 0.503 e. The van der Waals surface area contributed by atoms with Gasteiger partial charge < -0.3 is 20.1 Å². The van der Waals surface area contributed by atoms with Crippen LogP contribution in [0.15, 0.2) is 18.2 Å². The summed E-state index contributed by atoms with van der Waals surface area (Å²) in [4.78, 5) is 18.9. The lowest BCUT2D eigenvalue weighted by atomic mass is 10.2. The van der Waals surface area contributed by atoms with Crippen molar-refractivity contribution in [2.24, 2.45) is 0 Å². The van der Waals surface area contributed by atoms with E-state index >= 15 is 0 Å². The van der Waals surface area contributed by atoms with Gasteiger partial charge in [-0.1, -0.05) is 0 Å². The Hall–Kier alpha value is -2.24. The number of hydrogen-bond donors (Lipinski definition) is 3. The van der Waals surface area contributed by atoms with Crippen molar-refractivity contribution < 1.29 is 29.6 Å². The van der Waals surface area contributed by atoms with Crippen molar-refractivity contribution >= 4 is 12.4 Å². The molecule has 0 aromatic heterocycles. The van der Waals surface area contributed by atoms with Crippen molar-refractivity contribution in [3.63, 3.8) is 0 Å². The second-order valence-corrected chi connectivity index (χ2v) is 2.56. The maximum absolute atomic E-state index is 10.3. The molecule has 0 unspecified atom stereocenters. The summed E-state index contributed by atoms with van der Waals surface area (Å²) in [6, 6.07) is 4.48. The lowest BCUT2D eigenvalue weighted by molar-refractivity contribution is 0.112. The molecular weight excluding hydrogens is 216 g/mol. The molecule has 0 atom stereocenters. The monoisotopic (exact) mass is 228 g/mol. The average Bonchev–Trinajstić information content (AvgIpc) is 2.21. The minimum absolute atomic E-state index is 0.0578. The van der Waals surface area contributed by atoms with Crippen molar-refractivity contribution in [2.45, 2.75) is 6.92 Å². The van der Waals surface area contributed by atoms with Gasteiger partial charge in [-0.2, -0.15) is 0 Å². The fourth-order valence-electron chi connectivity index (χ4n) is 0.875. The molecule has 0 aliphatic rings. The molecule has 0 heterocycles. The molecule has 0 spiro atoms. The zero-order chi connectivity index (χ0) is 12.6. The van der Waals surface area contributed by atoms with Gasteiger partial charge in [0.15, 0.2) is 11.5 Å². The van der Waals surface area contributed by atoms with E-state index < -0.39 is 6.16 Å². The molecule has 1 aromatic rings. The van der Waals surface area contributed by atoms with Crippen LogP contribution in [0.1, 0.15) is 17.3 Å². The molecule has 16 heavy (non-hydrogen) atoms. The summed E-state index contributed by atoms with van der Waals surface area (Å²) in [6.45, 7) is 2.28. The number of rotatable bonds is 3. The summed E-state index contributed by atoms with van der Waals surface area (Å²) >= 11 is 0. The third kappa shape index (κ3) is 5.48. The Labute approximate surface area is 91.7 Å². The number of carbonyl (C=O) groups excluding carboxylic acids is 1. The molecule has 88 valence electrons. The van der Waals surface area contributed by atoms with Crippen LogP contribution in [0.4, 0.5) is 4.79 Å². The van der Waals surface area contributed by atoms with Crippen molar-refractivity contribution in [3.8, 4) is 11.5 Å². The Morgan fingerprint density at radius 3 is 2.44 bits per heavy atom. The van der Waals surface area contributed by atoms with Crippen LogP contribution in [0, 0.1) is 0 Å². The summed E-state index contributed by atoms with van der Waals surface area (Å²) in [5.74, 6) is 0.407. The fraction of sp³-hybridized carbons (Fsp3) is 0.200. The van der Waals surface area contributed by atoms with Gasteiger partial charge in [-0.25, -0.2) is 4.79 Å². The van der Waals surface area contributed by atoms with E-state index in [0.29, 0.717) is 24.2 Å². The Balaban J connectivity index is 0.000000487. The molecule has 0 bridgehead atoms. The van der Waals surface area contributed by atoms with Crippen molar-refractivity contribution in [3.05, 3.63) is 23.8 Å². The third-order valence-corrected chi connectivity index (χ3v) is 1.42. The minimum atomic E-state index is -1.83. The largest absolute Gasteiger partial charge is 0.504 e. The number of carboxylic acid groups (broad SMARTS) is 2. The standard InChI is InChI=1S/C9H10O3.CH2O3/c1-2-12-9-5-7(6-10)3-4-8(9)11;2-1(3)4/h3-6,11H,2H2,1H3;(H2,2,3,4). The summed E-state index contributed by atoms with van der Waals surface area (Å²) in [5, 5.41) is 23.2. The minimum Gasteiger partial charge on any atom is -0.504 e. The number of ether oxygens (including phenoxy) is 1. The lowest BCUT2D eigenvalue weighted by Crippen LogP contribution is -1.92. The second kappa shape index (κ2) is 7.10. The van der Waals surface area contributed by atoms with Crippen LogP contribution < -0.4 is 4.74 Å². The molecule has 1 aromatic carbocycles. The maximum atomic E-state index is 10.3. The van der Waals surface area contributed by atoms with Crippen molar-refractivity contribution in [1.82, 2.24) is 0 Å². The lowest BCUT2D eigenvalue weighted by Gasteiger charge is -2.04. The van der Waals surface area contributed by atoms with Crippen LogP contribution in [-0.2, 0) is 0 Å². The highest BCUT2D eigenvalue weighted by molar-refractivity contribution is 5.76. The summed E-state index contributed by atoms with van der Waals surface area (Å²) in [6.07, 6.45) is -1.12. The first-order valence-electron chi connectivity index (χ1n) is 4.34. The molecule has 0 saturated carbocycles. The van der Waals surface area contributed by atoms with E-state index in [1.807, 2.05) is 6.92 Å². The predicted molar refractivity (Wildman–Crippen MR) is 55.3 cm³/mol. The van der Waals surface area contributed by atoms with E-state index in [9.17, 15) is 9.90 Å². The van der Waals surface area contributed by atoms with Gasteiger partial charge in [0.2, 0.25) is 0 Å². The molecule has 0 saturated heterocycles. The van der Waals surface area contributed by atoms with E-state index in [4.69, 9.17) is 19.7 Å². The average molecular weight is 228 g/mol. The number of phenolic OH excluding ortho intramolecular Hbond substituents is 1. The molecule has 6 nitrogen and oxygen atoms in total. The molecule has 0 radical (unpaired) electrons. The first-order chi connectivity index (χ1) is 7.51. The molecule has 0 amide bonds. The SMILES string of the molecule is CCOc1cc(C=O)ccc1O.O=C(O)O. The van der Waals surface area contributed by atoms with Crippen LogP contribution in [0.3, 0.4) is 0 Å². The van der Waals surface area contributed by atoms with Gasteiger partial charge >= 0.3 is 6.16 Å². The Morgan fingerprint density at radius 1 is 1.44 bits per heavy atom. The highest BCUT2D eigenvalue weighted by Gasteiger charge is 2.01. The first-order valence-corrected chi connectivity index (χ1v) is 4.34. The van der Waals surface area contributed by atoms with E-state index in [2.05, 4.69) is 0 Å².